The number of anilines is 1. The molecule has 1 aromatic carbocycles. The van der Waals surface area contributed by atoms with E-state index in [1.54, 1.807) is 0 Å². The number of nitrogens with two attached hydrogens (primary N) is 1. The number of aromatic nitrogens is 4. The first-order valence-electron chi connectivity index (χ1n) is 11.0. The largest absolute Gasteiger partial charge is 0.479 e. The second-order valence-electron chi connectivity index (χ2n) is 8.40. The Morgan fingerprint density at radius 1 is 1.24 bits per heavy atom. The van der Waals surface area contributed by atoms with Gasteiger partial charge in [-0.15, -0.1) is 0 Å². The quantitative estimate of drug-likeness (QED) is 0.178. The van der Waals surface area contributed by atoms with Crippen LogP contribution in [-0.4, -0.2) is 90.3 Å². The molecular weight excluding hydrogens is 531 g/mol. The van der Waals surface area contributed by atoms with Crippen LogP contribution >= 0.6 is 11.6 Å². The van der Waals surface area contributed by atoms with Crippen molar-refractivity contribution in [2.75, 3.05) is 19.4 Å². The van der Waals surface area contributed by atoms with Crippen molar-refractivity contribution in [1.82, 2.24) is 24.8 Å². The zero-order chi connectivity index (χ0) is 27.8. The number of carbonyl (C=O) groups excluding carboxylic acids is 1. The first kappa shape index (κ1) is 27.1. The van der Waals surface area contributed by atoms with Crippen LogP contribution in [-0.2, 0) is 25.5 Å². The Balaban J connectivity index is 1.55. The second kappa shape index (κ2) is 10.4. The Labute approximate surface area is 218 Å². The van der Waals surface area contributed by atoms with Crippen LogP contribution in [0.4, 0.5) is 10.2 Å². The summed E-state index contributed by atoms with van der Waals surface area (Å²) in [5, 5.41) is 32.2. The standard InChI is InChI=1S/C22H22ClFN6O8/c1-26-17(32)10-4-2-9(3-5-10)6-22(19(33)34,20(35)36)37-7-11-14(31)12(24)18(38-11)30-8-27-13-15(25)28-21(23)29-16(13)30/h2-5,8,11-12,14,18,31H,6-7H2,1H3,(H,26,32)(H,33,34)(H,35,36)(H2,25,28,29)/t11-,12+,14-,18-/m1/s1. The van der Waals surface area contributed by atoms with Crippen LogP contribution in [0.5, 0.6) is 0 Å². The third-order valence-electron chi connectivity index (χ3n) is 6.07. The molecule has 0 spiro atoms. The van der Waals surface area contributed by atoms with Crippen molar-refractivity contribution < 1.29 is 43.6 Å². The number of nitrogens with zero attached hydrogens (tertiary/aromatic N) is 4. The van der Waals surface area contributed by atoms with Crippen molar-refractivity contribution in [3.63, 3.8) is 0 Å². The number of nitrogens with one attached hydrogen (secondary N) is 1. The van der Waals surface area contributed by atoms with Crippen molar-refractivity contribution in [2.45, 2.75) is 36.6 Å². The summed E-state index contributed by atoms with van der Waals surface area (Å²) in [4.78, 5) is 47.7. The summed E-state index contributed by atoms with van der Waals surface area (Å²) in [6, 6.07) is 5.55. The maximum absolute atomic E-state index is 15.1. The highest BCUT2D eigenvalue weighted by atomic mass is 35.5. The molecule has 6 N–H and O–H groups in total. The van der Waals surface area contributed by atoms with Crippen LogP contribution < -0.4 is 11.1 Å². The van der Waals surface area contributed by atoms with Gasteiger partial charge in [0.2, 0.25) is 5.28 Å². The number of aliphatic hydroxyl groups excluding tert-OH is 1. The molecule has 1 saturated heterocycles. The lowest BCUT2D eigenvalue weighted by Gasteiger charge is -2.27. The van der Waals surface area contributed by atoms with E-state index in [0.717, 1.165) is 10.9 Å². The maximum Gasteiger partial charge on any atom is 0.348 e. The number of ether oxygens (including phenoxy) is 2. The highest BCUT2D eigenvalue weighted by molar-refractivity contribution is 6.28. The minimum Gasteiger partial charge on any atom is -0.479 e. The van der Waals surface area contributed by atoms with E-state index in [2.05, 4.69) is 20.3 Å². The highest BCUT2D eigenvalue weighted by Crippen LogP contribution is 2.35. The molecule has 4 atom stereocenters. The molecule has 0 aliphatic carbocycles. The van der Waals surface area contributed by atoms with Gasteiger partial charge in [0.15, 0.2) is 23.9 Å². The average Bonchev–Trinajstić information content (AvgIpc) is 3.42. The minimum absolute atomic E-state index is 0.0227. The number of aliphatic carboxylic acids is 2. The number of carbonyl (C=O) groups is 3. The Kier molecular flexibility index (Phi) is 7.46. The summed E-state index contributed by atoms with van der Waals surface area (Å²) >= 11 is 5.83. The lowest BCUT2D eigenvalue weighted by atomic mass is 9.93. The maximum atomic E-state index is 15.1. The van der Waals surface area contributed by atoms with E-state index in [1.165, 1.54) is 31.3 Å². The summed E-state index contributed by atoms with van der Waals surface area (Å²) in [7, 11) is 1.43. The normalized spacial score (nSPS) is 21.5. The summed E-state index contributed by atoms with van der Waals surface area (Å²) in [6.07, 6.45) is -6.32. The lowest BCUT2D eigenvalue weighted by molar-refractivity contribution is -0.190. The molecule has 14 nitrogen and oxygen atoms in total. The Morgan fingerprint density at radius 3 is 2.50 bits per heavy atom. The fourth-order valence-corrected chi connectivity index (χ4v) is 4.18. The molecule has 2 aromatic heterocycles. The van der Waals surface area contributed by atoms with Gasteiger partial charge in [-0.05, 0) is 29.3 Å². The van der Waals surface area contributed by atoms with Crippen LogP contribution in [0.1, 0.15) is 22.1 Å². The van der Waals surface area contributed by atoms with Crippen molar-refractivity contribution in [3.05, 3.63) is 47.0 Å². The van der Waals surface area contributed by atoms with E-state index in [-0.39, 0.29) is 39.3 Å². The number of hydrogen-bond acceptors (Lipinski definition) is 10. The molecule has 202 valence electrons. The summed E-state index contributed by atoms with van der Waals surface area (Å²) < 4.78 is 27.1. The smallest absolute Gasteiger partial charge is 0.348 e. The van der Waals surface area contributed by atoms with Gasteiger partial charge in [-0.1, -0.05) is 12.1 Å². The predicted octanol–water partition coefficient (Wildman–Crippen LogP) is 0.185. The molecule has 3 heterocycles. The van der Waals surface area contributed by atoms with Crippen LogP contribution in [0.3, 0.4) is 0 Å². The monoisotopic (exact) mass is 552 g/mol. The first-order chi connectivity index (χ1) is 18.0. The Morgan fingerprint density at radius 2 is 1.89 bits per heavy atom. The molecule has 3 aromatic rings. The molecule has 0 unspecified atom stereocenters. The topological polar surface area (TPSA) is 212 Å². The van der Waals surface area contributed by atoms with Gasteiger partial charge in [-0.25, -0.2) is 19.0 Å². The van der Waals surface area contributed by atoms with Gasteiger partial charge in [0.25, 0.3) is 11.5 Å². The fraction of sp³-hybridized carbons (Fsp3) is 0.364. The lowest BCUT2D eigenvalue weighted by Crippen LogP contribution is -2.52. The van der Waals surface area contributed by atoms with Crippen molar-refractivity contribution in [1.29, 1.82) is 0 Å². The molecular formula is C22H22ClFN6O8. The number of carboxylic acids is 2. The summed E-state index contributed by atoms with van der Waals surface area (Å²) in [6.45, 7) is -0.794. The number of imidazole rings is 1. The van der Waals surface area contributed by atoms with Crippen LogP contribution in [0.15, 0.2) is 30.6 Å². The molecule has 0 saturated carbocycles. The van der Waals surface area contributed by atoms with Gasteiger partial charge < -0.3 is 35.8 Å². The predicted molar refractivity (Wildman–Crippen MR) is 127 cm³/mol. The summed E-state index contributed by atoms with van der Waals surface area (Å²) in [5.74, 6) is -4.11. The van der Waals surface area contributed by atoms with E-state index < -0.39 is 55.2 Å². The third-order valence-corrected chi connectivity index (χ3v) is 6.24. The molecule has 1 amide bonds. The number of amides is 1. The SMILES string of the molecule is CNC(=O)c1ccc(CC(OC[C@H]2O[C@@H](n3cnc4c(N)nc(Cl)nc43)[C@@H](F)[C@@H]2O)(C(=O)O)C(=O)O)cc1. The average molecular weight is 553 g/mol. The van der Waals surface area contributed by atoms with E-state index >= 15 is 4.39 Å². The van der Waals surface area contributed by atoms with Crippen molar-refractivity contribution in [2.24, 2.45) is 0 Å². The fourth-order valence-electron chi connectivity index (χ4n) is 4.01. The number of carboxylic acid groups (broad SMARTS) is 2. The van der Waals surface area contributed by atoms with Gasteiger partial charge >= 0.3 is 11.9 Å². The van der Waals surface area contributed by atoms with Gasteiger partial charge in [0, 0.05) is 19.0 Å². The van der Waals surface area contributed by atoms with Crippen molar-refractivity contribution >= 4 is 46.4 Å². The zero-order valence-corrected chi connectivity index (χ0v) is 20.4. The molecule has 4 rings (SSSR count). The molecule has 1 aliphatic rings. The van der Waals surface area contributed by atoms with E-state index in [9.17, 15) is 29.7 Å². The Bertz CT molecular complexity index is 1370. The van der Waals surface area contributed by atoms with Crippen LogP contribution in [0.2, 0.25) is 5.28 Å². The van der Waals surface area contributed by atoms with E-state index in [1.807, 2.05) is 0 Å². The number of nitrogen functional groups attached to an aromatic ring is 1. The zero-order valence-electron chi connectivity index (χ0n) is 19.6. The summed E-state index contributed by atoms with van der Waals surface area (Å²) in [5.41, 5.74) is 3.59. The molecule has 1 aliphatic heterocycles. The van der Waals surface area contributed by atoms with Crippen molar-refractivity contribution in [3.8, 4) is 0 Å². The first-order valence-corrected chi connectivity index (χ1v) is 11.4. The number of hydrogen-bond donors (Lipinski definition) is 5. The van der Waals surface area contributed by atoms with Gasteiger partial charge in [-0.3, -0.25) is 9.36 Å². The van der Waals surface area contributed by atoms with E-state index in [4.69, 9.17) is 26.8 Å². The molecule has 1 fully saturated rings. The number of fused-ring (bicyclic) bond motifs is 1. The van der Waals surface area contributed by atoms with Crippen LogP contribution in [0, 0.1) is 0 Å². The van der Waals surface area contributed by atoms with Gasteiger partial charge in [0.1, 0.15) is 17.7 Å². The Hall–Kier alpha value is -3.92. The van der Waals surface area contributed by atoms with Gasteiger partial charge in [-0.2, -0.15) is 9.97 Å². The number of halogens is 2. The number of alkyl halides is 1. The number of rotatable bonds is 9. The molecule has 38 heavy (non-hydrogen) atoms. The third kappa shape index (κ3) is 4.83. The van der Waals surface area contributed by atoms with Gasteiger partial charge in [0.05, 0.1) is 12.9 Å². The molecule has 0 bridgehead atoms. The van der Waals surface area contributed by atoms with Crippen LogP contribution in [0.25, 0.3) is 11.2 Å². The number of aliphatic hydroxyl groups is 1. The highest BCUT2D eigenvalue weighted by Gasteiger charge is 2.52. The molecule has 16 heteroatoms. The molecule has 0 radical (unpaired) electrons. The van der Waals surface area contributed by atoms with E-state index in [0.29, 0.717) is 0 Å². The number of benzene rings is 1. The minimum atomic E-state index is -2.81. The second-order valence-corrected chi connectivity index (χ2v) is 8.74.